The summed E-state index contributed by atoms with van der Waals surface area (Å²) in [6.07, 6.45) is 2.77. The van der Waals surface area contributed by atoms with Crippen molar-refractivity contribution in [3.05, 3.63) is 58.8 Å². The Hall–Kier alpha value is -1.61. The summed E-state index contributed by atoms with van der Waals surface area (Å²) < 4.78 is 19.0. The van der Waals surface area contributed by atoms with E-state index in [1.165, 1.54) is 0 Å². The van der Waals surface area contributed by atoms with Crippen LogP contribution in [0, 0.1) is 19.7 Å². The van der Waals surface area contributed by atoms with E-state index < -0.39 is 0 Å². The van der Waals surface area contributed by atoms with Gasteiger partial charge < -0.3 is 9.73 Å². The van der Waals surface area contributed by atoms with Gasteiger partial charge in [-0.1, -0.05) is 13.0 Å². The molecule has 1 atom stereocenters. The molecule has 0 saturated carbocycles. The smallest absolute Gasteiger partial charge is 0.123 e. The molecule has 1 unspecified atom stereocenters. The van der Waals surface area contributed by atoms with E-state index in [0.717, 1.165) is 35.4 Å². The molecule has 2 rings (SSSR count). The molecule has 0 amide bonds. The number of aryl methyl sites for hydroxylation is 2. The highest BCUT2D eigenvalue weighted by Crippen LogP contribution is 2.25. The number of furan rings is 1. The number of halogens is 1. The van der Waals surface area contributed by atoms with Crippen molar-refractivity contribution in [2.45, 2.75) is 33.2 Å². The lowest BCUT2D eigenvalue weighted by Crippen LogP contribution is -2.23. The van der Waals surface area contributed by atoms with Gasteiger partial charge in [-0.2, -0.15) is 0 Å². The molecule has 0 bridgehead atoms. The molecule has 0 aliphatic rings. The fraction of sp³-hybridized carbons (Fsp3) is 0.375. The molecular weight excluding hydrogens is 241 g/mol. The summed E-state index contributed by atoms with van der Waals surface area (Å²) in [6, 6.07) is 7.11. The van der Waals surface area contributed by atoms with Gasteiger partial charge in [-0.25, -0.2) is 4.39 Å². The molecule has 0 aliphatic carbocycles. The molecule has 1 aromatic heterocycles. The van der Waals surface area contributed by atoms with E-state index in [4.69, 9.17) is 4.42 Å². The monoisotopic (exact) mass is 261 g/mol. The maximum atomic E-state index is 13.6. The highest BCUT2D eigenvalue weighted by atomic mass is 19.1. The topological polar surface area (TPSA) is 25.2 Å². The summed E-state index contributed by atoms with van der Waals surface area (Å²) in [7, 11) is 0. The molecule has 0 radical (unpaired) electrons. The van der Waals surface area contributed by atoms with Gasteiger partial charge in [0.15, 0.2) is 0 Å². The molecule has 102 valence electrons. The zero-order valence-electron chi connectivity index (χ0n) is 11.7. The SMILES string of the molecule is CCCNC(c1cc(C)cc(F)c1)c1coc(C)c1. The summed E-state index contributed by atoms with van der Waals surface area (Å²) in [4.78, 5) is 0. The number of benzene rings is 1. The van der Waals surface area contributed by atoms with Crippen LogP contribution in [0.15, 0.2) is 34.9 Å². The van der Waals surface area contributed by atoms with Gasteiger partial charge in [-0.15, -0.1) is 0 Å². The Bertz CT molecular complexity index is 527. The third-order valence-electron chi connectivity index (χ3n) is 3.08. The van der Waals surface area contributed by atoms with E-state index in [1.807, 2.05) is 26.0 Å². The first-order chi connectivity index (χ1) is 9.10. The van der Waals surface area contributed by atoms with Crippen LogP contribution in [0.5, 0.6) is 0 Å². The minimum Gasteiger partial charge on any atom is -0.469 e. The van der Waals surface area contributed by atoms with E-state index in [1.54, 1.807) is 18.4 Å². The fourth-order valence-electron chi connectivity index (χ4n) is 2.26. The summed E-state index contributed by atoms with van der Waals surface area (Å²) in [5.41, 5.74) is 2.90. The number of rotatable bonds is 5. The van der Waals surface area contributed by atoms with E-state index in [-0.39, 0.29) is 11.9 Å². The summed E-state index contributed by atoms with van der Waals surface area (Å²) in [5, 5.41) is 3.44. The van der Waals surface area contributed by atoms with E-state index in [0.29, 0.717) is 0 Å². The van der Waals surface area contributed by atoms with Crippen LogP contribution in [0.4, 0.5) is 4.39 Å². The molecule has 2 aromatic rings. The average molecular weight is 261 g/mol. The van der Waals surface area contributed by atoms with Crippen LogP contribution in [-0.2, 0) is 0 Å². The van der Waals surface area contributed by atoms with Gasteiger partial charge in [0, 0.05) is 5.56 Å². The quantitative estimate of drug-likeness (QED) is 0.875. The Kier molecular flexibility index (Phi) is 4.38. The summed E-state index contributed by atoms with van der Waals surface area (Å²) in [6.45, 7) is 6.81. The minimum absolute atomic E-state index is 0.0215. The van der Waals surface area contributed by atoms with Crippen molar-refractivity contribution in [3.8, 4) is 0 Å². The number of nitrogens with one attached hydrogen (secondary N) is 1. The van der Waals surface area contributed by atoms with E-state index >= 15 is 0 Å². The second-order valence-electron chi connectivity index (χ2n) is 4.94. The fourth-order valence-corrected chi connectivity index (χ4v) is 2.26. The van der Waals surface area contributed by atoms with Gasteiger partial charge in [0.25, 0.3) is 0 Å². The number of hydrogen-bond acceptors (Lipinski definition) is 2. The molecule has 1 aromatic carbocycles. The molecule has 0 spiro atoms. The van der Waals surface area contributed by atoms with Crippen molar-refractivity contribution in [1.29, 1.82) is 0 Å². The minimum atomic E-state index is -0.196. The van der Waals surface area contributed by atoms with Gasteiger partial charge in [0.2, 0.25) is 0 Å². The Morgan fingerprint density at radius 2 is 1.95 bits per heavy atom. The first-order valence-electron chi connectivity index (χ1n) is 6.65. The van der Waals surface area contributed by atoms with E-state index in [2.05, 4.69) is 12.2 Å². The molecule has 1 N–H and O–H groups in total. The highest BCUT2D eigenvalue weighted by Gasteiger charge is 2.16. The Morgan fingerprint density at radius 1 is 1.16 bits per heavy atom. The zero-order valence-corrected chi connectivity index (χ0v) is 11.7. The van der Waals surface area contributed by atoms with Crippen LogP contribution in [0.1, 0.15) is 41.8 Å². The predicted octanol–water partition coefficient (Wildman–Crippen LogP) is 4.12. The van der Waals surface area contributed by atoms with Gasteiger partial charge in [-0.3, -0.25) is 0 Å². The third-order valence-corrected chi connectivity index (χ3v) is 3.08. The van der Waals surface area contributed by atoms with Crippen LogP contribution in [0.2, 0.25) is 0 Å². The maximum Gasteiger partial charge on any atom is 0.123 e. The van der Waals surface area contributed by atoms with Crippen LogP contribution in [0.3, 0.4) is 0 Å². The largest absolute Gasteiger partial charge is 0.469 e. The van der Waals surface area contributed by atoms with Gasteiger partial charge in [0.05, 0.1) is 12.3 Å². The van der Waals surface area contributed by atoms with Gasteiger partial charge in [-0.05, 0) is 56.1 Å². The average Bonchev–Trinajstić information content (AvgIpc) is 2.75. The van der Waals surface area contributed by atoms with Gasteiger partial charge in [0.1, 0.15) is 11.6 Å². The summed E-state index contributed by atoms with van der Waals surface area (Å²) in [5.74, 6) is 0.671. The van der Waals surface area contributed by atoms with Crippen LogP contribution < -0.4 is 5.32 Å². The van der Waals surface area contributed by atoms with E-state index in [9.17, 15) is 4.39 Å². The second-order valence-corrected chi connectivity index (χ2v) is 4.94. The Balaban J connectivity index is 2.36. The molecule has 0 saturated heterocycles. The summed E-state index contributed by atoms with van der Waals surface area (Å²) >= 11 is 0. The predicted molar refractivity (Wildman–Crippen MR) is 74.7 cm³/mol. The van der Waals surface area contributed by atoms with Crippen molar-refractivity contribution in [2.24, 2.45) is 0 Å². The Morgan fingerprint density at radius 3 is 2.53 bits per heavy atom. The third kappa shape index (κ3) is 3.44. The second kappa shape index (κ2) is 6.02. The lowest BCUT2D eigenvalue weighted by atomic mass is 9.99. The van der Waals surface area contributed by atoms with Crippen molar-refractivity contribution >= 4 is 0 Å². The van der Waals surface area contributed by atoms with Crippen LogP contribution in [-0.4, -0.2) is 6.54 Å². The maximum absolute atomic E-state index is 13.6. The lowest BCUT2D eigenvalue weighted by Gasteiger charge is -2.18. The number of hydrogen-bond donors (Lipinski definition) is 1. The molecule has 3 heteroatoms. The van der Waals surface area contributed by atoms with Crippen molar-refractivity contribution in [3.63, 3.8) is 0 Å². The molecular formula is C16H20FNO. The van der Waals surface area contributed by atoms with Gasteiger partial charge >= 0.3 is 0 Å². The zero-order chi connectivity index (χ0) is 13.8. The van der Waals surface area contributed by atoms with Crippen molar-refractivity contribution < 1.29 is 8.81 Å². The normalized spacial score (nSPS) is 12.6. The molecule has 1 heterocycles. The standard InChI is InChI=1S/C16H20FNO/c1-4-5-18-16(14-8-12(3)19-10-14)13-6-11(2)7-15(17)9-13/h6-10,16,18H,4-5H2,1-3H3. The van der Waals surface area contributed by atoms with Crippen LogP contribution in [0.25, 0.3) is 0 Å². The van der Waals surface area contributed by atoms with Crippen molar-refractivity contribution in [1.82, 2.24) is 5.32 Å². The highest BCUT2D eigenvalue weighted by molar-refractivity contribution is 5.33. The molecule has 0 aliphatic heterocycles. The molecule has 2 nitrogen and oxygen atoms in total. The van der Waals surface area contributed by atoms with Crippen molar-refractivity contribution in [2.75, 3.05) is 6.54 Å². The first kappa shape index (κ1) is 13.8. The molecule has 0 fully saturated rings. The lowest BCUT2D eigenvalue weighted by molar-refractivity contribution is 0.523. The Labute approximate surface area is 113 Å². The first-order valence-corrected chi connectivity index (χ1v) is 6.65. The van der Waals surface area contributed by atoms with Crippen LogP contribution >= 0.6 is 0 Å². The molecule has 19 heavy (non-hydrogen) atoms.